The lowest BCUT2D eigenvalue weighted by Gasteiger charge is -2.14. The molecule has 0 aliphatic rings. The van der Waals surface area contributed by atoms with Crippen molar-refractivity contribution in [3.05, 3.63) is 28.2 Å². The summed E-state index contributed by atoms with van der Waals surface area (Å²) in [5, 5.41) is 0. The van der Waals surface area contributed by atoms with Gasteiger partial charge in [0, 0.05) is 36.2 Å². The van der Waals surface area contributed by atoms with E-state index in [1.165, 1.54) is 0 Å². The molecule has 2 N–H and O–H groups in total. The Morgan fingerprint density at radius 3 is 2.68 bits per heavy atom. The van der Waals surface area contributed by atoms with Gasteiger partial charge in [0.05, 0.1) is 19.8 Å². The molecular formula is C14H22BrNO3. The summed E-state index contributed by atoms with van der Waals surface area (Å²) in [6.07, 6.45) is 0.842. The molecule has 1 aromatic carbocycles. The molecule has 1 unspecified atom stereocenters. The fourth-order valence-corrected chi connectivity index (χ4v) is 1.94. The summed E-state index contributed by atoms with van der Waals surface area (Å²) in [5.41, 5.74) is 6.93. The number of methoxy groups -OCH3 is 1. The molecule has 0 aliphatic heterocycles. The zero-order chi connectivity index (χ0) is 14.1. The molecule has 4 nitrogen and oxygen atoms in total. The molecule has 1 atom stereocenters. The Morgan fingerprint density at radius 1 is 1.21 bits per heavy atom. The van der Waals surface area contributed by atoms with Crippen molar-refractivity contribution in [1.82, 2.24) is 0 Å². The number of nitrogens with two attached hydrogens (primary N) is 1. The lowest BCUT2D eigenvalue weighted by atomic mass is 10.1. The van der Waals surface area contributed by atoms with Crippen LogP contribution < -0.4 is 10.5 Å². The van der Waals surface area contributed by atoms with E-state index in [0.717, 1.165) is 22.2 Å². The summed E-state index contributed by atoms with van der Waals surface area (Å²) in [4.78, 5) is 0. The van der Waals surface area contributed by atoms with E-state index < -0.39 is 0 Å². The maximum absolute atomic E-state index is 5.92. The first-order chi connectivity index (χ1) is 9.15. The summed E-state index contributed by atoms with van der Waals surface area (Å²) in [7, 11) is 1.66. The van der Waals surface area contributed by atoms with E-state index in [0.29, 0.717) is 26.4 Å². The van der Waals surface area contributed by atoms with Crippen molar-refractivity contribution in [1.29, 1.82) is 0 Å². The van der Waals surface area contributed by atoms with Gasteiger partial charge in [-0.15, -0.1) is 0 Å². The zero-order valence-corrected chi connectivity index (χ0v) is 13.1. The molecule has 1 aromatic rings. The molecule has 0 bridgehead atoms. The molecule has 0 radical (unpaired) electrons. The lowest BCUT2D eigenvalue weighted by Crippen LogP contribution is -2.10. The summed E-state index contributed by atoms with van der Waals surface area (Å²) in [5.74, 6) is 0.835. The number of halogens is 1. The van der Waals surface area contributed by atoms with Gasteiger partial charge in [-0.2, -0.15) is 0 Å². The topological polar surface area (TPSA) is 53.7 Å². The van der Waals surface area contributed by atoms with Crippen LogP contribution in [-0.4, -0.2) is 33.5 Å². The van der Waals surface area contributed by atoms with E-state index >= 15 is 0 Å². The fourth-order valence-electron chi connectivity index (χ4n) is 1.60. The minimum Gasteiger partial charge on any atom is -0.493 e. The molecular weight excluding hydrogens is 310 g/mol. The average Bonchev–Trinajstić information content (AvgIpc) is 2.37. The molecule has 0 spiro atoms. The number of benzene rings is 1. The summed E-state index contributed by atoms with van der Waals surface area (Å²) in [6, 6.07) is 5.87. The van der Waals surface area contributed by atoms with Crippen LogP contribution in [0.2, 0.25) is 0 Å². The van der Waals surface area contributed by atoms with Gasteiger partial charge < -0.3 is 19.9 Å². The van der Waals surface area contributed by atoms with Crippen molar-refractivity contribution in [3.63, 3.8) is 0 Å². The van der Waals surface area contributed by atoms with Gasteiger partial charge in [0.2, 0.25) is 0 Å². The van der Waals surface area contributed by atoms with Crippen LogP contribution in [0.15, 0.2) is 22.7 Å². The van der Waals surface area contributed by atoms with Crippen molar-refractivity contribution in [2.24, 2.45) is 5.73 Å². The van der Waals surface area contributed by atoms with Crippen LogP contribution in [0.25, 0.3) is 0 Å². The molecule has 1 rings (SSSR count). The molecule has 0 aromatic heterocycles. The second-order valence-electron chi connectivity index (χ2n) is 4.28. The second-order valence-corrected chi connectivity index (χ2v) is 5.19. The Hall–Kier alpha value is -0.620. The molecule has 0 amide bonds. The van der Waals surface area contributed by atoms with Crippen LogP contribution >= 0.6 is 15.9 Å². The van der Waals surface area contributed by atoms with Crippen molar-refractivity contribution in [2.45, 2.75) is 19.4 Å². The SMILES string of the molecule is COCCOCCCOc1cc(Br)ccc1C(C)N. The fraction of sp³-hybridized carbons (Fsp3) is 0.571. The quantitative estimate of drug-likeness (QED) is 0.707. The van der Waals surface area contributed by atoms with Crippen molar-refractivity contribution < 1.29 is 14.2 Å². The van der Waals surface area contributed by atoms with E-state index in [9.17, 15) is 0 Å². The van der Waals surface area contributed by atoms with Gasteiger partial charge in [-0.3, -0.25) is 0 Å². The highest BCUT2D eigenvalue weighted by atomic mass is 79.9. The predicted molar refractivity (Wildman–Crippen MR) is 79.6 cm³/mol. The van der Waals surface area contributed by atoms with Crippen LogP contribution in [-0.2, 0) is 9.47 Å². The van der Waals surface area contributed by atoms with Gasteiger partial charge in [-0.25, -0.2) is 0 Å². The smallest absolute Gasteiger partial charge is 0.125 e. The third-order valence-electron chi connectivity index (χ3n) is 2.59. The molecule has 0 heterocycles. The first-order valence-corrected chi connectivity index (χ1v) is 7.19. The standard InChI is InChI=1S/C14H22BrNO3/c1-11(16)13-5-4-12(15)10-14(13)19-7-3-6-18-9-8-17-2/h4-5,10-11H,3,6-9,16H2,1-2H3. The van der Waals surface area contributed by atoms with Crippen molar-refractivity contribution in [3.8, 4) is 5.75 Å². The van der Waals surface area contributed by atoms with Gasteiger partial charge in [0.1, 0.15) is 5.75 Å². The molecule has 108 valence electrons. The Morgan fingerprint density at radius 2 is 2.00 bits per heavy atom. The second kappa shape index (κ2) is 9.31. The first-order valence-electron chi connectivity index (χ1n) is 6.39. The van der Waals surface area contributed by atoms with Gasteiger partial charge in [-0.05, 0) is 19.1 Å². The maximum atomic E-state index is 5.92. The van der Waals surface area contributed by atoms with E-state index in [1.54, 1.807) is 7.11 Å². The Labute approximate surface area is 123 Å². The maximum Gasteiger partial charge on any atom is 0.125 e. The van der Waals surface area contributed by atoms with Crippen LogP contribution in [0, 0.1) is 0 Å². The van der Waals surface area contributed by atoms with Crippen LogP contribution in [0.1, 0.15) is 24.9 Å². The normalized spacial score (nSPS) is 12.4. The van der Waals surface area contributed by atoms with E-state index in [2.05, 4.69) is 15.9 Å². The third-order valence-corrected chi connectivity index (χ3v) is 3.08. The van der Waals surface area contributed by atoms with Gasteiger partial charge >= 0.3 is 0 Å². The number of hydrogen-bond donors (Lipinski definition) is 1. The average molecular weight is 332 g/mol. The Kier molecular flexibility index (Phi) is 8.05. The highest BCUT2D eigenvalue weighted by Gasteiger charge is 2.08. The Balaban J connectivity index is 2.34. The molecule has 5 heteroatoms. The third kappa shape index (κ3) is 6.38. The zero-order valence-electron chi connectivity index (χ0n) is 11.5. The Bertz CT molecular complexity index is 372. The van der Waals surface area contributed by atoms with Crippen molar-refractivity contribution >= 4 is 15.9 Å². The van der Waals surface area contributed by atoms with E-state index in [4.69, 9.17) is 19.9 Å². The van der Waals surface area contributed by atoms with Gasteiger partial charge in [-0.1, -0.05) is 22.0 Å². The highest BCUT2D eigenvalue weighted by molar-refractivity contribution is 9.10. The van der Waals surface area contributed by atoms with Crippen LogP contribution in [0.4, 0.5) is 0 Å². The number of hydrogen-bond acceptors (Lipinski definition) is 4. The summed E-state index contributed by atoms with van der Waals surface area (Å²) < 4.78 is 17.0. The minimum atomic E-state index is -0.0407. The minimum absolute atomic E-state index is 0.0407. The van der Waals surface area contributed by atoms with E-state index in [-0.39, 0.29) is 6.04 Å². The largest absolute Gasteiger partial charge is 0.493 e. The lowest BCUT2D eigenvalue weighted by molar-refractivity contribution is 0.0644. The first kappa shape index (κ1) is 16.4. The summed E-state index contributed by atoms with van der Waals surface area (Å²) in [6.45, 7) is 4.48. The molecule has 0 saturated carbocycles. The number of rotatable bonds is 9. The highest BCUT2D eigenvalue weighted by Crippen LogP contribution is 2.27. The van der Waals surface area contributed by atoms with Crippen LogP contribution in [0.3, 0.4) is 0 Å². The van der Waals surface area contributed by atoms with Gasteiger partial charge in [0.15, 0.2) is 0 Å². The monoisotopic (exact) mass is 331 g/mol. The van der Waals surface area contributed by atoms with Gasteiger partial charge in [0.25, 0.3) is 0 Å². The van der Waals surface area contributed by atoms with E-state index in [1.807, 2.05) is 25.1 Å². The summed E-state index contributed by atoms with van der Waals surface area (Å²) >= 11 is 3.44. The molecule has 0 fully saturated rings. The van der Waals surface area contributed by atoms with Crippen LogP contribution in [0.5, 0.6) is 5.75 Å². The van der Waals surface area contributed by atoms with Crippen molar-refractivity contribution in [2.75, 3.05) is 33.5 Å². The number of ether oxygens (including phenoxy) is 3. The molecule has 19 heavy (non-hydrogen) atoms. The molecule has 0 saturated heterocycles. The molecule has 0 aliphatic carbocycles. The predicted octanol–water partition coefficient (Wildman–Crippen LogP) is 2.90.